The SMILES string of the molecule is CC.CC.Cc1nc(N)cc(Cl)c1C1(F)CC1. The Morgan fingerprint density at radius 2 is 1.76 bits per heavy atom. The highest BCUT2D eigenvalue weighted by molar-refractivity contribution is 6.31. The number of aromatic nitrogens is 1. The third-order valence-corrected chi connectivity index (χ3v) is 2.61. The zero-order valence-electron chi connectivity index (χ0n) is 11.3. The summed E-state index contributed by atoms with van der Waals surface area (Å²) in [7, 11) is 0. The van der Waals surface area contributed by atoms with E-state index in [0.717, 1.165) is 0 Å². The van der Waals surface area contributed by atoms with Gasteiger partial charge in [0.05, 0.1) is 5.02 Å². The zero-order chi connectivity index (χ0) is 13.6. The van der Waals surface area contributed by atoms with Crippen molar-refractivity contribution in [3.8, 4) is 0 Å². The summed E-state index contributed by atoms with van der Waals surface area (Å²) in [5.74, 6) is 0.343. The molecule has 1 aliphatic rings. The molecule has 0 unspecified atom stereocenters. The Morgan fingerprint density at radius 1 is 1.29 bits per heavy atom. The fraction of sp³-hybridized carbons (Fsp3) is 0.615. The topological polar surface area (TPSA) is 38.9 Å². The monoisotopic (exact) mass is 260 g/mol. The maximum absolute atomic E-state index is 13.7. The molecule has 0 atom stereocenters. The third-order valence-electron chi connectivity index (χ3n) is 2.31. The van der Waals surface area contributed by atoms with Gasteiger partial charge in [0.1, 0.15) is 11.5 Å². The molecule has 1 aromatic rings. The van der Waals surface area contributed by atoms with E-state index in [1.54, 1.807) is 6.92 Å². The van der Waals surface area contributed by atoms with Crippen LogP contribution in [0.5, 0.6) is 0 Å². The summed E-state index contributed by atoms with van der Waals surface area (Å²) in [5, 5.41) is 0.394. The third kappa shape index (κ3) is 3.84. The van der Waals surface area contributed by atoms with Crippen LogP contribution < -0.4 is 5.73 Å². The molecule has 0 aliphatic heterocycles. The van der Waals surface area contributed by atoms with Gasteiger partial charge in [0.15, 0.2) is 0 Å². The largest absolute Gasteiger partial charge is 0.384 e. The van der Waals surface area contributed by atoms with Gasteiger partial charge in [-0.2, -0.15) is 0 Å². The van der Waals surface area contributed by atoms with Crippen LogP contribution in [0.3, 0.4) is 0 Å². The van der Waals surface area contributed by atoms with Crippen LogP contribution in [0.25, 0.3) is 0 Å². The minimum atomic E-state index is -1.23. The molecule has 1 aromatic heterocycles. The fourth-order valence-corrected chi connectivity index (χ4v) is 1.97. The average molecular weight is 261 g/mol. The number of nitrogens with two attached hydrogens (primary N) is 1. The molecule has 4 heteroatoms. The smallest absolute Gasteiger partial charge is 0.139 e. The minimum Gasteiger partial charge on any atom is -0.384 e. The van der Waals surface area contributed by atoms with Crippen LogP contribution in [0.1, 0.15) is 51.8 Å². The first-order valence-corrected chi connectivity index (χ1v) is 6.53. The lowest BCUT2D eigenvalue weighted by molar-refractivity contribution is 0.315. The molecule has 0 saturated heterocycles. The molecule has 0 aromatic carbocycles. The van der Waals surface area contributed by atoms with Crippen molar-refractivity contribution in [3.05, 3.63) is 22.3 Å². The summed E-state index contributed by atoms with van der Waals surface area (Å²) in [6.45, 7) is 9.73. The molecule has 0 amide bonds. The number of anilines is 1. The Kier molecular flexibility index (Phi) is 6.46. The van der Waals surface area contributed by atoms with Gasteiger partial charge < -0.3 is 5.73 Å². The van der Waals surface area contributed by atoms with Crippen LogP contribution in [0.15, 0.2) is 6.07 Å². The molecule has 0 spiro atoms. The van der Waals surface area contributed by atoms with Gasteiger partial charge >= 0.3 is 0 Å². The van der Waals surface area contributed by atoms with E-state index in [1.807, 2.05) is 27.7 Å². The molecule has 1 saturated carbocycles. The molecule has 0 bridgehead atoms. The van der Waals surface area contributed by atoms with Crippen molar-refractivity contribution in [1.82, 2.24) is 4.98 Å². The van der Waals surface area contributed by atoms with Gasteiger partial charge in [0.2, 0.25) is 0 Å². The van der Waals surface area contributed by atoms with Gasteiger partial charge in [0.25, 0.3) is 0 Å². The van der Waals surface area contributed by atoms with E-state index in [0.29, 0.717) is 34.9 Å². The molecule has 17 heavy (non-hydrogen) atoms. The lowest BCUT2D eigenvalue weighted by Gasteiger charge is -2.11. The second kappa shape index (κ2) is 6.80. The second-order valence-electron chi connectivity index (χ2n) is 3.45. The van der Waals surface area contributed by atoms with E-state index in [4.69, 9.17) is 17.3 Å². The summed E-state index contributed by atoms with van der Waals surface area (Å²) in [6, 6.07) is 1.50. The summed E-state index contributed by atoms with van der Waals surface area (Å²) in [4.78, 5) is 3.99. The Balaban J connectivity index is 0.000000581. The van der Waals surface area contributed by atoms with Crippen LogP contribution in [0.2, 0.25) is 5.02 Å². The number of alkyl halides is 1. The molecular formula is C13H22ClFN2. The molecule has 2 nitrogen and oxygen atoms in total. The van der Waals surface area contributed by atoms with E-state index < -0.39 is 5.67 Å². The van der Waals surface area contributed by atoms with Crippen molar-refractivity contribution in [1.29, 1.82) is 0 Å². The van der Waals surface area contributed by atoms with Gasteiger partial charge in [-0.25, -0.2) is 9.37 Å². The van der Waals surface area contributed by atoms with Crippen molar-refractivity contribution in [3.63, 3.8) is 0 Å². The molecular weight excluding hydrogens is 239 g/mol. The van der Waals surface area contributed by atoms with Gasteiger partial charge in [-0.1, -0.05) is 39.3 Å². The van der Waals surface area contributed by atoms with Crippen molar-refractivity contribution in [2.24, 2.45) is 0 Å². The normalized spacial score (nSPS) is 15.0. The highest BCUT2D eigenvalue weighted by Crippen LogP contribution is 2.52. The maximum Gasteiger partial charge on any atom is 0.139 e. The number of pyridine rings is 1. The van der Waals surface area contributed by atoms with Crippen LogP contribution in [-0.2, 0) is 5.67 Å². The zero-order valence-corrected chi connectivity index (χ0v) is 12.0. The fourth-order valence-electron chi connectivity index (χ4n) is 1.55. The average Bonchev–Trinajstić information content (AvgIpc) is 3.01. The number of nitrogens with zero attached hydrogens (tertiary/aromatic N) is 1. The van der Waals surface area contributed by atoms with Crippen molar-refractivity contribution < 1.29 is 4.39 Å². The highest BCUT2D eigenvalue weighted by Gasteiger charge is 2.47. The summed E-state index contributed by atoms with van der Waals surface area (Å²) >= 11 is 5.90. The molecule has 0 radical (unpaired) electrons. The van der Waals surface area contributed by atoms with Gasteiger partial charge in [-0.05, 0) is 25.8 Å². The number of nitrogen functional groups attached to an aromatic ring is 1. The molecule has 1 heterocycles. The predicted octanol–water partition coefficient (Wildman–Crippen LogP) is 4.64. The van der Waals surface area contributed by atoms with Crippen LogP contribution >= 0.6 is 11.6 Å². The number of aryl methyl sites for hydroxylation is 1. The summed E-state index contributed by atoms with van der Waals surface area (Å²) in [6.07, 6.45) is 1.08. The Hall–Kier alpha value is -0.830. The van der Waals surface area contributed by atoms with Gasteiger partial charge in [-0.3, -0.25) is 0 Å². The van der Waals surface area contributed by atoms with E-state index in [2.05, 4.69) is 4.98 Å². The van der Waals surface area contributed by atoms with Crippen LogP contribution in [0, 0.1) is 6.92 Å². The number of rotatable bonds is 1. The molecule has 1 aliphatic carbocycles. The molecule has 1 fully saturated rings. The first-order valence-electron chi connectivity index (χ1n) is 6.15. The van der Waals surface area contributed by atoms with Gasteiger partial charge in [-0.15, -0.1) is 0 Å². The van der Waals surface area contributed by atoms with Crippen molar-refractivity contribution >= 4 is 17.4 Å². The van der Waals surface area contributed by atoms with Crippen LogP contribution in [-0.4, -0.2) is 4.98 Å². The Bertz CT molecular complexity index is 339. The van der Waals surface area contributed by atoms with E-state index in [-0.39, 0.29) is 0 Å². The van der Waals surface area contributed by atoms with E-state index in [1.165, 1.54) is 6.07 Å². The van der Waals surface area contributed by atoms with E-state index in [9.17, 15) is 4.39 Å². The summed E-state index contributed by atoms with van der Waals surface area (Å²) < 4.78 is 13.7. The molecule has 2 rings (SSSR count). The lowest BCUT2D eigenvalue weighted by atomic mass is 10.1. The molecule has 98 valence electrons. The number of hydrogen-bond acceptors (Lipinski definition) is 2. The quantitative estimate of drug-likeness (QED) is 0.799. The first-order chi connectivity index (χ1) is 8.03. The molecule has 2 N–H and O–H groups in total. The van der Waals surface area contributed by atoms with Crippen LogP contribution in [0.4, 0.5) is 10.2 Å². The van der Waals surface area contributed by atoms with Gasteiger partial charge in [0, 0.05) is 11.3 Å². The number of hydrogen-bond donors (Lipinski definition) is 1. The Morgan fingerprint density at radius 3 is 2.12 bits per heavy atom. The number of halogens is 2. The lowest BCUT2D eigenvalue weighted by Crippen LogP contribution is -2.05. The minimum absolute atomic E-state index is 0.343. The highest BCUT2D eigenvalue weighted by atomic mass is 35.5. The predicted molar refractivity (Wildman–Crippen MR) is 73.1 cm³/mol. The van der Waals surface area contributed by atoms with Crippen molar-refractivity contribution in [2.75, 3.05) is 5.73 Å². The summed E-state index contributed by atoms with van der Waals surface area (Å²) in [5.41, 5.74) is 5.36. The van der Waals surface area contributed by atoms with E-state index >= 15 is 0 Å². The maximum atomic E-state index is 13.7. The Labute approximate surface area is 108 Å². The van der Waals surface area contributed by atoms with Crippen molar-refractivity contribution in [2.45, 2.75) is 53.1 Å². The second-order valence-corrected chi connectivity index (χ2v) is 3.86. The first kappa shape index (κ1) is 16.2. The standard InChI is InChI=1S/C9H10ClFN2.2C2H6/c1-5-8(9(11)2-3-9)6(10)4-7(12)13-5;2*1-2/h4H,2-3H2,1H3,(H2,12,13);2*1-2H3.